The number of hydrogen-bond acceptors (Lipinski definition) is 4. The van der Waals surface area contributed by atoms with Crippen molar-refractivity contribution in [3.05, 3.63) is 240 Å². The predicted octanol–water partition coefficient (Wildman–Crippen LogP) is 14.2. The third kappa shape index (κ3) is 5.76. The summed E-state index contributed by atoms with van der Waals surface area (Å²) in [7, 11) is 0. The minimum Gasteiger partial charge on any atom is -0.264 e. The second-order valence-electron chi connectivity index (χ2n) is 16.6. The molecule has 0 aliphatic heterocycles. The van der Waals surface area contributed by atoms with E-state index in [1.807, 2.05) is 25.4 Å². The van der Waals surface area contributed by atoms with Crippen LogP contribution in [0.15, 0.2) is 207 Å². The SMILES string of the molecule is Cc1nc(-c2ccc3c(c2)-c2ccccc2C32c3ccccc3-c3cc(-c4ccccc4-c4cccc(-c5cnccc5C)c4)ccc32)nc(-c2ccccc2-c2ccccc2)n1. The maximum Gasteiger partial charge on any atom is 0.164 e. The van der Waals surface area contributed by atoms with Gasteiger partial charge >= 0.3 is 0 Å². The molecule has 0 bridgehead atoms. The molecule has 2 heterocycles. The Morgan fingerprint density at radius 2 is 0.794 bits per heavy atom. The van der Waals surface area contributed by atoms with Crippen LogP contribution in [0, 0.1) is 13.8 Å². The second-order valence-corrected chi connectivity index (χ2v) is 16.6. The quantitative estimate of drug-likeness (QED) is 0.168. The van der Waals surface area contributed by atoms with Crippen LogP contribution in [0.1, 0.15) is 33.6 Å². The van der Waals surface area contributed by atoms with Gasteiger partial charge in [0.25, 0.3) is 0 Å². The molecular weight excluding hydrogens is 765 g/mol. The summed E-state index contributed by atoms with van der Waals surface area (Å²) in [5, 5.41) is 0. The number of rotatable bonds is 6. The lowest BCUT2D eigenvalue weighted by Gasteiger charge is -2.30. The fourth-order valence-corrected chi connectivity index (χ4v) is 10.3. The molecule has 4 nitrogen and oxygen atoms in total. The van der Waals surface area contributed by atoms with E-state index in [2.05, 4.69) is 200 Å². The molecule has 0 N–H and O–H groups in total. The van der Waals surface area contributed by atoms with Crippen LogP contribution in [0.5, 0.6) is 0 Å². The number of aryl methyl sites for hydroxylation is 2. The smallest absolute Gasteiger partial charge is 0.164 e. The van der Waals surface area contributed by atoms with Crippen LogP contribution in [0.3, 0.4) is 0 Å². The summed E-state index contributed by atoms with van der Waals surface area (Å²) in [4.78, 5) is 19.4. The van der Waals surface area contributed by atoms with Crippen molar-refractivity contribution in [3.63, 3.8) is 0 Å². The highest BCUT2D eigenvalue weighted by Crippen LogP contribution is 2.63. The summed E-state index contributed by atoms with van der Waals surface area (Å²) in [6.45, 7) is 4.10. The van der Waals surface area contributed by atoms with E-state index in [-0.39, 0.29) is 0 Å². The molecule has 63 heavy (non-hydrogen) atoms. The van der Waals surface area contributed by atoms with E-state index in [1.54, 1.807) is 0 Å². The number of fused-ring (bicyclic) bond motifs is 10. The van der Waals surface area contributed by atoms with Gasteiger partial charge in [0, 0.05) is 29.1 Å². The lowest BCUT2D eigenvalue weighted by Crippen LogP contribution is -2.25. The molecule has 12 rings (SSSR count). The minimum absolute atomic E-state index is 0.487. The maximum atomic E-state index is 5.17. The van der Waals surface area contributed by atoms with Crippen molar-refractivity contribution in [2.24, 2.45) is 0 Å². The first-order valence-corrected chi connectivity index (χ1v) is 21.5. The van der Waals surface area contributed by atoms with Crippen LogP contribution in [0.2, 0.25) is 0 Å². The van der Waals surface area contributed by atoms with Crippen LogP contribution < -0.4 is 0 Å². The standard InChI is InChI=1S/C59H40N4/c1-37-31-32-60-36-52(37)41-18-14-17-40(33-41)45-20-6-7-21-46(45)42-27-29-55-50(34-42)47-22-10-12-25-53(47)59(55)54-26-13-11-23-48(54)51-35-43(28-30-56(51)59)57-61-38(2)62-58(63-57)49-24-9-8-19-44(49)39-15-4-3-5-16-39/h3-36H,1-2H3. The molecule has 8 aromatic carbocycles. The van der Waals surface area contributed by atoms with Gasteiger partial charge in [-0.2, -0.15) is 0 Å². The third-order valence-electron chi connectivity index (χ3n) is 13.1. The largest absolute Gasteiger partial charge is 0.264 e. The van der Waals surface area contributed by atoms with Gasteiger partial charge in [-0.25, -0.2) is 15.0 Å². The first kappa shape index (κ1) is 36.7. The van der Waals surface area contributed by atoms with E-state index < -0.39 is 5.41 Å². The van der Waals surface area contributed by atoms with E-state index in [0.717, 1.165) is 27.8 Å². The van der Waals surface area contributed by atoms with Gasteiger partial charge in [0.2, 0.25) is 0 Å². The topological polar surface area (TPSA) is 51.6 Å². The molecule has 0 saturated carbocycles. The summed E-state index contributed by atoms with van der Waals surface area (Å²) in [5.41, 5.74) is 22.1. The van der Waals surface area contributed by atoms with Gasteiger partial charge in [-0.1, -0.05) is 170 Å². The fourth-order valence-electron chi connectivity index (χ4n) is 10.3. The minimum atomic E-state index is -0.487. The molecule has 1 unspecified atom stereocenters. The normalized spacial score (nSPS) is 14.3. The molecule has 1 spiro atoms. The lowest BCUT2D eigenvalue weighted by molar-refractivity contribution is 0.794. The van der Waals surface area contributed by atoms with Crippen molar-refractivity contribution in [2.75, 3.05) is 0 Å². The zero-order chi connectivity index (χ0) is 42.1. The summed E-state index contributed by atoms with van der Waals surface area (Å²) in [5.74, 6) is 2.02. The maximum absolute atomic E-state index is 5.17. The number of pyridine rings is 1. The molecule has 2 aliphatic carbocycles. The predicted molar refractivity (Wildman–Crippen MR) is 256 cm³/mol. The van der Waals surface area contributed by atoms with Crippen molar-refractivity contribution < 1.29 is 0 Å². The zero-order valence-corrected chi connectivity index (χ0v) is 34.9. The van der Waals surface area contributed by atoms with Crippen molar-refractivity contribution >= 4 is 0 Å². The van der Waals surface area contributed by atoms with Crippen LogP contribution in [0.25, 0.3) is 89.5 Å². The Morgan fingerprint density at radius 3 is 1.44 bits per heavy atom. The molecule has 1 atom stereocenters. The fraction of sp³-hybridized carbons (Fsp3) is 0.0508. The van der Waals surface area contributed by atoms with Crippen LogP contribution in [-0.4, -0.2) is 19.9 Å². The molecule has 0 saturated heterocycles. The molecule has 10 aromatic rings. The van der Waals surface area contributed by atoms with Crippen molar-refractivity contribution in [1.82, 2.24) is 19.9 Å². The third-order valence-corrected chi connectivity index (χ3v) is 13.1. The molecule has 0 fully saturated rings. The molecule has 2 aromatic heterocycles. The van der Waals surface area contributed by atoms with Crippen molar-refractivity contribution in [3.8, 4) is 89.5 Å². The van der Waals surface area contributed by atoms with Gasteiger partial charge < -0.3 is 0 Å². The highest BCUT2D eigenvalue weighted by molar-refractivity contribution is 5.98. The Labute approximate surface area is 367 Å². The number of nitrogens with zero attached hydrogens (tertiary/aromatic N) is 4. The first-order valence-electron chi connectivity index (χ1n) is 21.5. The van der Waals surface area contributed by atoms with E-state index in [1.165, 1.54) is 77.9 Å². The van der Waals surface area contributed by atoms with Crippen molar-refractivity contribution in [1.29, 1.82) is 0 Å². The van der Waals surface area contributed by atoms with E-state index in [4.69, 9.17) is 15.0 Å². The Balaban J connectivity index is 0.994. The van der Waals surface area contributed by atoms with E-state index >= 15 is 0 Å². The van der Waals surface area contributed by atoms with Crippen LogP contribution in [0.4, 0.5) is 0 Å². The van der Waals surface area contributed by atoms with Gasteiger partial charge in [0.15, 0.2) is 11.6 Å². The van der Waals surface area contributed by atoms with E-state index in [9.17, 15) is 0 Å². The Kier molecular flexibility index (Phi) is 8.48. The number of aromatic nitrogens is 4. The molecule has 2 aliphatic rings. The molecule has 0 amide bonds. The van der Waals surface area contributed by atoms with Crippen molar-refractivity contribution in [2.45, 2.75) is 19.3 Å². The molecule has 296 valence electrons. The highest BCUT2D eigenvalue weighted by Gasteiger charge is 2.51. The summed E-state index contributed by atoms with van der Waals surface area (Å²) in [6.07, 6.45) is 3.82. The lowest BCUT2D eigenvalue weighted by atomic mass is 9.70. The van der Waals surface area contributed by atoms with Gasteiger partial charge in [-0.05, 0) is 127 Å². The van der Waals surface area contributed by atoms with Gasteiger partial charge in [-0.15, -0.1) is 0 Å². The average Bonchev–Trinajstić information content (AvgIpc) is 3.81. The summed E-state index contributed by atoms with van der Waals surface area (Å²) >= 11 is 0. The Bertz CT molecular complexity index is 3440. The second kappa shape index (κ2) is 14.5. The summed E-state index contributed by atoms with van der Waals surface area (Å²) < 4.78 is 0. The monoisotopic (exact) mass is 804 g/mol. The number of benzene rings is 8. The Morgan fingerprint density at radius 1 is 0.317 bits per heavy atom. The highest BCUT2D eigenvalue weighted by atomic mass is 15.0. The molecule has 0 radical (unpaired) electrons. The van der Waals surface area contributed by atoms with Gasteiger partial charge in [0.05, 0.1) is 5.41 Å². The summed E-state index contributed by atoms with van der Waals surface area (Å²) in [6, 6.07) is 70.4. The van der Waals surface area contributed by atoms with Gasteiger partial charge in [0.1, 0.15) is 5.82 Å². The van der Waals surface area contributed by atoms with Crippen LogP contribution in [-0.2, 0) is 5.41 Å². The molecular formula is C59H40N4. The van der Waals surface area contributed by atoms with E-state index in [0.29, 0.717) is 17.5 Å². The van der Waals surface area contributed by atoms with Crippen LogP contribution >= 0.6 is 0 Å². The molecule has 4 heteroatoms. The Hall–Kier alpha value is -8.08. The van der Waals surface area contributed by atoms with Gasteiger partial charge in [-0.3, -0.25) is 4.98 Å². The zero-order valence-electron chi connectivity index (χ0n) is 34.9. The number of hydrogen-bond donors (Lipinski definition) is 0. The average molecular weight is 805 g/mol. The first-order chi connectivity index (χ1) is 31.1.